The summed E-state index contributed by atoms with van der Waals surface area (Å²) in [4.78, 5) is 0. The molecule has 0 radical (unpaired) electrons. The summed E-state index contributed by atoms with van der Waals surface area (Å²) in [7, 11) is 3.22. The molecule has 0 heterocycles. The Morgan fingerprint density at radius 2 is 2.06 bits per heavy atom. The zero-order valence-corrected chi connectivity index (χ0v) is 10.6. The summed E-state index contributed by atoms with van der Waals surface area (Å²) < 4.78 is 10.1. The number of benzene rings is 1. The van der Waals surface area contributed by atoms with Crippen LogP contribution in [0.4, 0.5) is 5.69 Å². The van der Waals surface area contributed by atoms with Gasteiger partial charge in [-0.25, -0.2) is 0 Å². The molecular weight excluding hydrogens is 218 g/mol. The number of anilines is 1. The molecule has 0 aliphatic carbocycles. The molecule has 17 heavy (non-hydrogen) atoms. The van der Waals surface area contributed by atoms with Crippen LogP contribution in [0.25, 0.3) is 0 Å². The molecule has 3 N–H and O–H groups in total. The lowest BCUT2D eigenvalue weighted by Crippen LogP contribution is -2.13. The maximum atomic E-state index is 10.2. The van der Waals surface area contributed by atoms with Crippen LogP contribution in [0.15, 0.2) is 18.2 Å². The fourth-order valence-electron chi connectivity index (χ4n) is 1.77. The molecule has 1 aromatic carbocycles. The average Bonchev–Trinajstić information content (AvgIpc) is 2.35. The second-order valence-corrected chi connectivity index (χ2v) is 4.17. The van der Waals surface area contributed by atoms with Gasteiger partial charge in [-0.2, -0.15) is 0 Å². The second-order valence-electron chi connectivity index (χ2n) is 4.17. The van der Waals surface area contributed by atoms with E-state index in [1.165, 1.54) is 0 Å². The van der Waals surface area contributed by atoms with Gasteiger partial charge in [-0.05, 0) is 18.4 Å². The van der Waals surface area contributed by atoms with Gasteiger partial charge in [0.05, 0.1) is 18.9 Å². The number of aliphatic hydroxyl groups is 1. The number of para-hydroxylation sites is 1. The van der Waals surface area contributed by atoms with Crippen molar-refractivity contribution in [3.8, 4) is 5.75 Å². The van der Waals surface area contributed by atoms with Crippen LogP contribution >= 0.6 is 0 Å². The van der Waals surface area contributed by atoms with Gasteiger partial charge in [0.25, 0.3) is 0 Å². The highest BCUT2D eigenvalue weighted by molar-refractivity contribution is 5.59. The van der Waals surface area contributed by atoms with Gasteiger partial charge in [-0.15, -0.1) is 0 Å². The van der Waals surface area contributed by atoms with Crippen molar-refractivity contribution in [2.45, 2.75) is 19.4 Å². The molecule has 0 amide bonds. The van der Waals surface area contributed by atoms with E-state index in [1.807, 2.05) is 19.1 Å². The van der Waals surface area contributed by atoms with Crippen molar-refractivity contribution in [1.82, 2.24) is 0 Å². The molecule has 0 aromatic heterocycles. The Labute approximate surface area is 102 Å². The van der Waals surface area contributed by atoms with Crippen molar-refractivity contribution < 1.29 is 14.6 Å². The third-order valence-corrected chi connectivity index (χ3v) is 2.95. The van der Waals surface area contributed by atoms with Crippen molar-refractivity contribution in [2.24, 2.45) is 5.92 Å². The summed E-state index contributed by atoms with van der Waals surface area (Å²) in [5, 5.41) is 10.2. The van der Waals surface area contributed by atoms with Gasteiger partial charge >= 0.3 is 0 Å². The zero-order chi connectivity index (χ0) is 12.8. The molecular formula is C13H21NO3. The number of nitrogen functional groups attached to an aromatic ring is 1. The summed E-state index contributed by atoms with van der Waals surface area (Å²) in [5.74, 6) is 0.685. The number of aliphatic hydroxyl groups excluding tert-OH is 1. The van der Waals surface area contributed by atoms with Crippen molar-refractivity contribution in [3.63, 3.8) is 0 Å². The Hall–Kier alpha value is -1.26. The van der Waals surface area contributed by atoms with E-state index in [0.29, 0.717) is 23.6 Å². The van der Waals surface area contributed by atoms with Crippen LogP contribution in [-0.4, -0.2) is 25.9 Å². The molecule has 0 spiro atoms. The third kappa shape index (κ3) is 3.35. The van der Waals surface area contributed by atoms with E-state index >= 15 is 0 Å². The fraction of sp³-hybridized carbons (Fsp3) is 0.538. The van der Waals surface area contributed by atoms with E-state index in [9.17, 15) is 5.11 Å². The lowest BCUT2D eigenvalue weighted by Gasteiger charge is -2.21. The van der Waals surface area contributed by atoms with Gasteiger partial charge in [0.2, 0.25) is 0 Å². The summed E-state index contributed by atoms with van der Waals surface area (Å²) in [5.41, 5.74) is 7.17. The molecule has 4 heteroatoms. The topological polar surface area (TPSA) is 64.7 Å². The molecule has 1 aromatic rings. The first-order valence-electron chi connectivity index (χ1n) is 5.71. The highest BCUT2D eigenvalue weighted by atomic mass is 16.5. The molecule has 96 valence electrons. The molecule has 1 rings (SSSR count). The predicted molar refractivity (Wildman–Crippen MR) is 68.0 cm³/mol. The minimum Gasteiger partial charge on any atom is -0.495 e. The van der Waals surface area contributed by atoms with Crippen molar-refractivity contribution >= 4 is 5.69 Å². The Morgan fingerprint density at radius 3 is 2.65 bits per heavy atom. The molecule has 0 bridgehead atoms. The van der Waals surface area contributed by atoms with E-state index in [0.717, 1.165) is 6.42 Å². The molecule has 2 atom stereocenters. The van der Waals surface area contributed by atoms with Crippen molar-refractivity contribution in [3.05, 3.63) is 23.8 Å². The smallest absolute Gasteiger partial charge is 0.142 e. The van der Waals surface area contributed by atoms with Crippen LogP contribution < -0.4 is 10.5 Å². The predicted octanol–water partition coefficient (Wildman–Crippen LogP) is 1.98. The maximum absolute atomic E-state index is 10.2. The number of methoxy groups -OCH3 is 2. The van der Waals surface area contributed by atoms with Gasteiger partial charge in [0.15, 0.2) is 0 Å². The highest BCUT2D eigenvalue weighted by Gasteiger charge is 2.19. The largest absolute Gasteiger partial charge is 0.495 e. The van der Waals surface area contributed by atoms with Crippen LogP contribution in [0.3, 0.4) is 0 Å². The van der Waals surface area contributed by atoms with Crippen LogP contribution in [0.2, 0.25) is 0 Å². The Kier molecular flexibility index (Phi) is 5.25. The Morgan fingerprint density at radius 1 is 1.35 bits per heavy atom. The van der Waals surface area contributed by atoms with Gasteiger partial charge in [0, 0.05) is 19.3 Å². The summed E-state index contributed by atoms with van der Waals surface area (Å²) in [6.07, 6.45) is 0.189. The standard InChI is InChI=1S/C13H21NO3/c1-9(7-8-16-2)13(15)10-5-4-6-11(17-3)12(10)14/h4-6,9,13,15H,7-8,14H2,1-3H3. The normalized spacial score (nSPS) is 14.4. The minimum absolute atomic E-state index is 0.0874. The third-order valence-electron chi connectivity index (χ3n) is 2.95. The SMILES string of the molecule is COCCC(C)C(O)c1cccc(OC)c1N. The van der Waals surface area contributed by atoms with Crippen LogP contribution in [0.5, 0.6) is 5.75 Å². The highest BCUT2D eigenvalue weighted by Crippen LogP contribution is 2.33. The van der Waals surface area contributed by atoms with Crippen molar-refractivity contribution in [2.75, 3.05) is 26.6 Å². The Bertz CT molecular complexity index is 355. The first-order chi connectivity index (χ1) is 8.11. The van der Waals surface area contributed by atoms with Gasteiger partial charge in [-0.3, -0.25) is 0 Å². The number of hydrogen-bond donors (Lipinski definition) is 2. The van der Waals surface area contributed by atoms with E-state index in [-0.39, 0.29) is 5.92 Å². The molecule has 0 aliphatic rings. The number of hydrogen-bond acceptors (Lipinski definition) is 4. The molecule has 0 fully saturated rings. The average molecular weight is 239 g/mol. The van der Waals surface area contributed by atoms with Gasteiger partial charge in [0.1, 0.15) is 5.75 Å². The molecule has 0 saturated heterocycles. The molecule has 2 unspecified atom stereocenters. The van der Waals surface area contributed by atoms with E-state index < -0.39 is 6.10 Å². The number of ether oxygens (including phenoxy) is 2. The zero-order valence-electron chi connectivity index (χ0n) is 10.6. The fourth-order valence-corrected chi connectivity index (χ4v) is 1.77. The van der Waals surface area contributed by atoms with E-state index in [1.54, 1.807) is 20.3 Å². The van der Waals surface area contributed by atoms with Crippen LogP contribution in [-0.2, 0) is 4.74 Å². The monoisotopic (exact) mass is 239 g/mol. The quantitative estimate of drug-likeness (QED) is 0.745. The lowest BCUT2D eigenvalue weighted by atomic mass is 9.93. The van der Waals surface area contributed by atoms with E-state index in [2.05, 4.69) is 0 Å². The Balaban J connectivity index is 2.84. The first-order valence-corrected chi connectivity index (χ1v) is 5.71. The molecule has 0 saturated carbocycles. The summed E-state index contributed by atoms with van der Waals surface area (Å²) >= 11 is 0. The number of rotatable bonds is 6. The van der Waals surface area contributed by atoms with Crippen molar-refractivity contribution in [1.29, 1.82) is 0 Å². The second kappa shape index (κ2) is 6.47. The summed E-state index contributed by atoms with van der Waals surface area (Å²) in [6.45, 7) is 2.60. The molecule has 0 aliphatic heterocycles. The minimum atomic E-state index is -0.597. The summed E-state index contributed by atoms with van der Waals surface area (Å²) in [6, 6.07) is 5.44. The molecule has 4 nitrogen and oxygen atoms in total. The van der Waals surface area contributed by atoms with Crippen LogP contribution in [0.1, 0.15) is 25.0 Å². The van der Waals surface area contributed by atoms with Gasteiger partial charge < -0.3 is 20.3 Å². The number of nitrogens with two attached hydrogens (primary N) is 1. The lowest BCUT2D eigenvalue weighted by molar-refractivity contribution is 0.0890. The maximum Gasteiger partial charge on any atom is 0.142 e. The van der Waals surface area contributed by atoms with E-state index in [4.69, 9.17) is 15.2 Å². The van der Waals surface area contributed by atoms with Gasteiger partial charge in [-0.1, -0.05) is 19.1 Å². The first kappa shape index (κ1) is 13.8. The van der Waals surface area contributed by atoms with Crippen LogP contribution in [0, 0.1) is 5.92 Å².